The van der Waals surface area contributed by atoms with E-state index in [1.807, 2.05) is 37.4 Å². The fourth-order valence-electron chi connectivity index (χ4n) is 3.55. The molecule has 1 aliphatic rings. The molecule has 1 saturated heterocycles. The van der Waals surface area contributed by atoms with E-state index in [9.17, 15) is 18.0 Å². The van der Waals surface area contributed by atoms with E-state index in [2.05, 4.69) is 15.3 Å². The van der Waals surface area contributed by atoms with E-state index in [1.165, 1.54) is 34.6 Å². The van der Waals surface area contributed by atoms with Crippen molar-refractivity contribution < 1.29 is 13.2 Å². The van der Waals surface area contributed by atoms with Crippen LogP contribution in [0.15, 0.2) is 76.4 Å². The summed E-state index contributed by atoms with van der Waals surface area (Å²) in [5.74, 6) is -0.440. The molecule has 0 radical (unpaired) electrons. The number of anilines is 1. The van der Waals surface area contributed by atoms with Crippen LogP contribution >= 0.6 is 0 Å². The van der Waals surface area contributed by atoms with E-state index in [0.29, 0.717) is 37.6 Å². The summed E-state index contributed by atoms with van der Waals surface area (Å²) in [5, 5.41) is 6.97. The second-order valence-corrected chi connectivity index (χ2v) is 9.80. The van der Waals surface area contributed by atoms with Gasteiger partial charge in [-0.25, -0.2) is 13.1 Å². The number of hydrogen-bond donors (Lipinski definition) is 1. The van der Waals surface area contributed by atoms with E-state index in [-0.39, 0.29) is 11.4 Å². The van der Waals surface area contributed by atoms with Gasteiger partial charge in [0.05, 0.1) is 10.6 Å². The molecule has 2 heterocycles. The van der Waals surface area contributed by atoms with Gasteiger partial charge in [0.2, 0.25) is 15.9 Å². The number of sulfonamides is 1. The molecule has 0 unspecified atom stereocenters. The van der Waals surface area contributed by atoms with Gasteiger partial charge in [0.15, 0.2) is 0 Å². The first-order chi connectivity index (χ1) is 15.8. The van der Waals surface area contributed by atoms with Crippen molar-refractivity contribution in [2.75, 3.05) is 38.5 Å². The molecule has 0 spiro atoms. The lowest BCUT2D eigenvalue weighted by molar-refractivity contribution is -0.117. The molecule has 4 rings (SSSR count). The minimum Gasteiger partial charge on any atom is -0.324 e. The molecule has 0 atom stereocenters. The van der Waals surface area contributed by atoms with Crippen LogP contribution in [-0.2, 0) is 21.4 Å². The molecule has 1 aromatic heterocycles. The Morgan fingerprint density at radius 2 is 1.61 bits per heavy atom. The van der Waals surface area contributed by atoms with Crippen LogP contribution < -0.4 is 10.9 Å². The largest absolute Gasteiger partial charge is 0.324 e. The molecule has 33 heavy (non-hydrogen) atoms. The highest BCUT2D eigenvalue weighted by Crippen LogP contribution is 2.20. The van der Waals surface area contributed by atoms with Crippen LogP contribution in [0.2, 0.25) is 0 Å². The van der Waals surface area contributed by atoms with Crippen molar-refractivity contribution in [3.63, 3.8) is 0 Å². The van der Waals surface area contributed by atoms with Gasteiger partial charge in [0, 0.05) is 43.5 Å². The summed E-state index contributed by atoms with van der Waals surface area (Å²) in [5.41, 5.74) is 1.47. The quantitative estimate of drug-likeness (QED) is 0.589. The van der Waals surface area contributed by atoms with Crippen molar-refractivity contribution in [2.24, 2.45) is 0 Å². The highest BCUT2D eigenvalue weighted by atomic mass is 32.2. The molecular formula is C23H25N5O4S. The van der Waals surface area contributed by atoms with Crippen molar-refractivity contribution in [3.8, 4) is 11.3 Å². The maximum absolute atomic E-state index is 12.8. The van der Waals surface area contributed by atoms with Crippen LogP contribution in [0.4, 0.5) is 5.69 Å². The Hall–Kier alpha value is -3.34. The molecule has 1 aliphatic heterocycles. The van der Waals surface area contributed by atoms with Crippen LogP contribution in [0.5, 0.6) is 0 Å². The number of piperazine rings is 1. The van der Waals surface area contributed by atoms with Gasteiger partial charge in [-0.15, -0.1) is 0 Å². The van der Waals surface area contributed by atoms with Gasteiger partial charge in [-0.2, -0.15) is 9.40 Å². The maximum atomic E-state index is 12.8. The van der Waals surface area contributed by atoms with Crippen LogP contribution in [-0.4, -0.2) is 66.5 Å². The molecule has 9 nitrogen and oxygen atoms in total. The SMILES string of the molecule is CN1CCN(S(=O)(=O)c2ccc(NC(=O)Cn3nc(-c4ccccc4)ccc3=O)cc2)CC1. The van der Waals surface area contributed by atoms with Crippen LogP contribution in [0.1, 0.15) is 0 Å². The first-order valence-corrected chi connectivity index (χ1v) is 12.0. The molecule has 3 aromatic rings. The Bertz CT molecular complexity index is 1280. The van der Waals surface area contributed by atoms with Crippen molar-refractivity contribution in [1.82, 2.24) is 19.0 Å². The maximum Gasteiger partial charge on any atom is 0.267 e. The van der Waals surface area contributed by atoms with Crippen LogP contribution in [0, 0.1) is 0 Å². The lowest BCUT2D eigenvalue weighted by Crippen LogP contribution is -2.46. The normalized spacial score (nSPS) is 15.3. The number of likely N-dealkylation sites (N-methyl/N-ethyl adjacent to an activating group) is 1. The third-order valence-corrected chi connectivity index (χ3v) is 7.38. The highest BCUT2D eigenvalue weighted by Gasteiger charge is 2.27. The second kappa shape index (κ2) is 9.65. The van der Waals surface area contributed by atoms with Crippen molar-refractivity contribution in [3.05, 3.63) is 77.1 Å². The monoisotopic (exact) mass is 467 g/mol. The average Bonchev–Trinajstić information content (AvgIpc) is 2.82. The minimum atomic E-state index is -3.58. The Labute approximate surface area is 192 Å². The number of nitrogens with zero attached hydrogens (tertiary/aromatic N) is 4. The number of amides is 1. The number of aromatic nitrogens is 2. The molecule has 1 N–H and O–H groups in total. The van der Waals surface area contributed by atoms with E-state index in [1.54, 1.807) is 6.07 Å². The Morgan fingerprint density at radius 1 is 0.939 bits per heavy atom. The zero-order chi connectivity index (χ0) is 23.4. The Kier molecular flexibility index (Phi) is 6.68. The van der Waals surface area contributed by atoms with E-state index in [0.717, 1.165) is 10.2 Å². The zero-order valence-corrected chi connectivity index (χ0v) is 19.0. The summed E-state index contributed by atoms with van der Waals surface area (Å²) in [6.07, 6.45) is 0. The highest BCUT2D eigenvalue weighted by molar-refractivity contribution is 7.89. The van der Waals surface area contributed by atoms with E-state index in [4.69, 9.17) is 0 Å². The average molecular weight is 468 g/mol. The summed E-state index contributed by atoms with van der Waals surface area (Å²) >= 11 is 0. The van der Waals surface area contributed by atoms with E-state index >= 15 is 0 Å². The first kappa shape index (κ1) is 22.8. The fourth-order valence-corrected chi connectivity index (χ4v) is 4.97. The number of carbonyl (C=O) groups excluding carboxylic acids is 1. The van der Waals surface area contributed by atoms with Crippen molar-refractivity contribution >= 4 is 21.6 Å². The molecule has 0 saturated carbocycles. The van der Waals surface area contributed by atoms with E-state index < -0.39 is 21.5 Å². The summed E-state index contributed by atoms with van der Waals surface area (Å²) < 4.78 is 28.2. The van der Waals surface area contributed by atoms with Crippen molar-refractivity contribution in [1.29, 1.82) is 0 Å². The zero-order valence-electron chi connectivity index (χ0n) is 18.2. The molecular weight excluding hydrogens is 442 g/mol. The van der Waals surface area contributed by atoms with Gasteiger partial charge in [0.25, 0.3) is 5.56 Å². The smallest absolute Gasteiger partial charge is 0.267 e. The number of rotatable bonds is 6. The third-order valence-electron chi connectivity index (χ3n) is 5.47. The Balaban J connectivity index is 1.43. The van der Waals surface area contributed by atoms with Gasteiger partial charge >= 0.3 is 0 Å². The molecule has 1 fully saturated rings. The molecule has 10 heteroatoms. The topological polar surface area (TPSA) is 105 Å². The lowest BCUT2D eigenvalue weighted by atomic mass is 10.1. The molecule has 0 bridgehead atoms. The third kappa shape index (κ3) is 5.36. The lowest BCUT2D eigenvalue weighted by Gasteiger charge is -2.31. The number of hydrogen-bond acceptors (Lipinski definition) is 6. The number of carbonyl (C=O) groups is 1. The number of benzene rings is 2. The van der Waals surface area contributed by atoms with Crippen LogP contribution in [0.3, 0.4) is 0 Å². The van der Waals surface area contributed by atoms with Gasteiger partial charge in [-0.3, -0.25) is 9.59 Å². The molecule has 1 amide bonds. The predicted molar refractivity (Wildman–Crippen MR) is 125 cm³/mol. The predicted octanol–water partition coefficient (Wildman–Crippen LogP) is 1.49. The second-order valence-electron chi connectivity index (χ2n) is 7.86. The van der Waals surface area contributed by atoms with Gasteiger partial charge in [0.1, 0.15) is 6.54 Å². The first-order valence-electron chi connectivity index (χ1n) is 10.6. The van der Waals surface area contributed by atoms with Gasteiger partial charge in [-0.05, 0) is 37.4 Å². The summed E-state index contributed by atoms with van der Waals surface area (Å²) in [4.78, 5) is 26.9. The molecule has 0 aliphatic carbocycles. The minimum absolute atomic E-state index is 0.179. The van der Waals surface area contributed by atoms with Gasteiger partial charge < -0.3 is 10.2 Å². The fraction of sp³-hybridized carbons (Fsp3) is 0.261. The van der Waals surface area contributed by atoms with Crippen molar-refractivity contribution in [2.45, 2.75) is 11.4 Å². The Morgan fingerprint density at radius 3 is 2.27 bits per heavy atom. The van der Waals surface area contributed by atoms with Gasteiger partial charge in [-0.1, -0.05) is 30.3 Å². The molecule has 172 valence electrons. The number of nitrogens with one attached hydrogen (secondary N) is 1. The summed E-state index contributed by atoms with van der Waals surface area (Å²) in [6.45, 7) is 2.00. The summed E-state index contributed by atoms with van der Waals surface area (Å²) in [6, 6.07) is 18.4. The molecule has 2 aromatic carbocycles. The standard InChI is InChI=1S/C23H25N5O4S/c1-26-13-15-27(16-14-26)33(31,32)20-9-7-19(8-10-20)24-22(29)17-28-23(30)12-11-21(25-28)18-5-3-2-4-6-18/h2-12H,13-17H2,1H3,(H,24,29). The summed E-state index contributed by atoms with van der Waals surface area (Å²) in [7, 11) is -1.62. The van der Waals surface area contributed by atoms with Crippen LogP contribution in [0.25, 0.3) is 11.3 Å².